The number of ether oxygens (including phenoxy) is 2. The van der Waals surface area contributed by atoms with E-state index in [1.54, 1.807) is 0 Å². The second kappa shape index (κ2) is 9.41. The van der Waals surface area contributed by atoms with Gasteiger partial charge in [-0.3, -0.25) is 9.80 Å². The van der Waals surface area contributed by atoms with Gasteiger partial charge < -0.3 is 14.5 Å². The van der Waals surface area contributed by atoms with Crippen LogP contribution in [0.3, 0.4) is 0 Å². The average Bonchev–Trinajstić information content (AvgIpc) is 3.06. The number of nitrogens with zero attached hydrogens (tertiary/aromatic N) is 4. The number of hydrazine groups is 1. The molecule has 158 valence electrons. The minimum atomic E-state index is -0.617. The number of carbonyl (C=O) groups excluding carboxylic acids is 1. The molecule has 0 aliphatic carbocycles. The number of carbonyl (C=O) groups is 1. The number of hydrogen-bond donors (Lipinski definition) is 0. The van der Waals surface area contributed by atoms with Gasteiger partial charge in [-0.15, -0.1) is 0 Å². The topological polar surface area (TPSA) is 57.6 Å². The van der Waals surface area contributed by atoms with E-state index in [0.29, 0.717) is 19.7 Å². The first kappa shape index (κ1) is 21.3. The molecule has 7 heteroatoms. The number of benzene rings is 1. The first-order valence-corrected chi connectivity index (χ1v) is 10.5. The Balaban J connectivity index is 2.09. The molecule has 2 aliphatic heterocycles. The number of hydrazone groups is 1. The second-order valence-corrected chi connectivity index (χ2v) is 7.35. The second-order valence-electron chi connectivity index (χ2n) is 7.35. The van der Waals surface area contributed by atoms with Crippen LogP contribution in [0.4, 0.5) is 5.69 Å². The van der Waals surface area contributed by atoms with Gasteiger partial charge in [-0.05, 0) is 39.8 Å². The third-order valence-corrected chi connectivity index (χ3v) is 5.04. The molecule has 0 fully saturated rings. The van der Waals surface area contributed by atoms with Gasteiger partial charge >= 0.3 is 5.97 Å². The lowest BCUT2D eigenvalue weighted by Gasteiger charge is -2.40. The summed E-state index contributed by atoms with van der Waals surface area (Å²) in [7, 11) is 0. The Bertz CT molecular complexity index is 763. The molecule has 29 heavy (non-hydrogen) atoms. The van der Waals surface area contributed by atoms with E-state index < -0.39 is 12.1 Å². The van der Waals surface area contributed by atoms with E-state index in [2.05, 4.69) is 30.1 Å². The van der Waals surface area contributed by atoms with Crippen molar-refractivity contribution < 1.29 is 14.3 Å². The Morgan fingerprint density at radius 1 is 1.17 bits per heavy atom. The largest absolute Gasteiger partial charge is 0.465 e. The van der Waals surface area contributed by atoms with Gasteiger partial charge in [-0.2, -0.15) is 10.1 Å². The van der Waals surface area contributed by atoms with Crippen LogP contribution >= 0.6 is 0 Å². The molecule has 0 unspecified atom stereocenters. The zero-order chi connectivity index (χ0) is 21.0. The molecular formula is C22H32N4O3. The summed E-state index contributed by atoms with van der Waals surface area (Å²) in [5.41, 5.74) is 2.74. The first-order valence-electron chi connectivity index (χ1n) is 10.5. The van der Waals surface area contributed by atoms with E-state index in [1.807, 2.05) is 56.1 Å². The van der Waals surface area contributed by atoms with Crippen molar-refractivity contribution in [1.29, 1.82) is 0 Å². The molecular weight excluding hydrogens is 368 g/mol. The number of esters is 1. The third kappa shape index (κ3) is 4.46. The van der Waals surface area contributed by atoms with Crippen LogP contribution in [0.25, 0.3) is 0 Å². The number of para-hydroxylation sites is 1. The van der Waals surface area contributed by atoms with Crippen LogP contribution in [-0.2, 0) is 14.3 Å². The molecule has 0 N–H and O–H groups in total. The number of anilines is 1. The van der Waals surface area contributed by atoms with E-state index in [-0.39, 0.29) is 12.1 Å². The van der Waals surface area contributed by atoms with Gasteiger partial charge in [0.1, 0.15) is 12.1 Å². The van der Waals surface area contributed by atoms with E-state index in [4.69, 9.17) is 14.6 Å². The lowest BCUT2D eigenvalue weighted by molar-refractivity contribution is -0.187. The summed E-state index contributed by atoms with van der Waals surface area (Å²) in [6.07, 6.45) is 1.57. The van der Waals surface area contributed by atoms with Crippen molar-refractivity contribution in [2.45, 2.75) is 47.0 Å². The maximum absolute atomic E-state index is 13.1. The quantitative estimate of drug-likeness (QED) is 0.655. The van der Waals surface area contributed by atoms with Gasteiger partial charge in [0.15, 0.2) is 0 Å². The normalized spacial score (nSPS) is 22.3. The predicted octanol–water partition coefficient (Wildman–Crippen LogP) is 3.25. The fraction of sp³-hybridized carbons (Fsp3) is 0.545. The smallest absolute Gasteiger partial charge is 0.319 e. The van der Waals surface area contributed by atoms with Crippen LogP contribution < -0.4 is 5.01 Å². The van der Waals surface area contributed by atoms with Crippen molar-refractivity contribution in [2.24, 2.45) is 11.0 Å². The molecule has 0 amide bonds. The molecule has 0 bridgehead atoms. The van der Waals surface area contributed by atoms with Gasteiger partial charge in [0.05, 0.1) is 30.7 Å². The number of hydrogen-bond acceptors (Lipinski definition) is 7. The van der Waals surface area contributed by atoms with Gasteiger partial charge in [-0.25, -0.2) is 0 Å². The first-order chi connectivity index (χ1) is 14.0. The van der Waals surface area contributed by atoms with Crippen molar-refractivity contribution in [3.63, 3.8) is 0 Å². The maximum atomic E-state index is 13.1. The summed E-state index contributed by atoms with van der Waals surface area (Å²) in [5, 5.41) is 11.0. The highest BCUT2D eigenvalue weighted by molar-refractivity contribution is 6.14. The van der Waals surface area contributed by atoms with E-state index in [1.165, 1.54) is 0 Å². The summed E-state index contributed by atoms with van der Waals surface area (Å²) in [6, 6.07) is 10.0. The highest BCUT2D eigenvalue weighted by Crippen LogP contribution is 2.33. The molecule has 3 rings (SSSR count). The summed E-state index contributed by atoms with van der Waals surface area (Å²) in [5.74, 6) is -0.914. The summed E-state index contributed by atoms with van der Waals surface area (Å²) in [6.45, 7) is 12.4. The Labute approximate surface area is 173 Å². The van der Waals surface area contributed by atoms with E-state index >= 15 is 0 Å². The SMILES string of the molecule is CCOC(=O)[C@H]1C2=NN(c3ccccc3)CC2=CN(CC)N(CC)[C@@H]1OC(C)C. The van der Waals surface area contributed by atoms with Gasteiger partial charge in [0.2, 0.25) is 0 Å². The molecule has 1 aromatic carbocycles. The Kier molecular flexibility index (Phi) is 6.92. The van der Waals surface area contributed by atoms with Crippen LogP contribution in [0.2, 0.25) is 0 Å². The molecule has 1 aromatic rings. The molecule has 0 radical (unpaired) electrons. The van der Waals surface area contributed by atoms with Crippen LogP contribution in [0.15, 0.2) is 47.2 Å². The van der Waals surface area contributed by atoms with E-state index in [0.717, 1.165) is 23.5 Å². The highest BCUT2D eigenvalue weighted by atomic mass is 16.5. The Hall–Kier alpha value is -2.38. The zero-order valence-corrected chi connectivity index (χ0v) is 18.0. The Morgan fingerprint density at radius 3 is 2.48 bits per heavy atom. The predicted molar refractivity (Wildman–Crippen MR) is 114 cm³/mol. The summed E-state index contributed by atoms with van der Waals surface area (Å²) < 4.78 is 11.8. The fourth-order valence-electron chi connectivity index (χ4n) is 3.82. The maximum Gasteiger partial charge on any atom is 0.319 e. The van der Waals surface area contributed by atoms with Crippen LogP contribution in [-0.4, -0.2) is 60.3 Å². The van der Waals surface area contributed by atoms with Crippen LogP contribution in [0.5, 0.6) is 0 Å². The molecule has 2 atom stereocenters. The van der Waals surface area contributed by atoms with Gasteiger partial charge in [0, 0.05) is 24.9 Å². The monoisotopic (exact) mass is 400 g/mol. The Morgan fingerprint density at radius 2 is 1.90 bits per heavy atom. The fourth-order valence-corrected chi connectivity index (χ4v) is 3.82. The molecule has 0 saturated heterocycles. The highest BCUT2D eigenvalue weighted by Gasteiger charge is 2.46. The van der Waals surface area contributed by atoms with Crippen LogP contribution in [0, 0.1) is 5.92 Å². The van der Waals surface area contributed by atoms with Crippen molar-refractivity contribution in [2.75, 3.05) is 31.3 Å². The average molecular weight is 401 g/mol. The molecule has 0 aromatic heterocycles. The molecule has 2 aliphatic rings. The van der Waals surface area contributed by atoms with Crippen molar-refractivity contribution in [3.05, 3.63) is 42.1 Å². The molecule has 7 nitrogen and oxygen atoms in total. The van der Waals surface area contributed by atoms with E-state index in [9.17, 15) is 4.79 Å². The van der Waals surface area contributed by atoms with Crippen molar-refractivity contribution in [3.8, 4) is 0 Å². The lowest BCUT2D eigenvalue weighted by Crippen LogP contribution is -2.53. The number of rotatable bonds is 7. The van der Waals surface area contributed by atoms with Crippen LogP contribution in [0.1, 0.15) is 34.6 Å². The van der Waals surface area contributed by atoms with Crippen molar-refractivity contribution >= 4 is 17.4 Å². The number of fused-ring (bicyclic) bond motifs is 1. The molecule has 0 spiro atoms. The minimum Gasteiger partial charge on any atom is -0.465 e. The standard InChI is InChI=1S/C22H32N4O3/c1-6-24-14-17-15-25(18-12-10-9-11-13-18)23-20(17)19(22(27)28-8-3)21(26(24)7-2)29-16(4)5/h9-14,16,19,21H,6-8,15H2,1-5H3/t19-,21+/m0/s1. The third-order valence-electron chi connectivity index (χ3n) is 5.04. The van der Waals surface area contributed by atoms with Gasteiger partial charge in [0.25, 0.3) is 0 Å². The molecule has 2 heterocycles. The lowest BCUT2D eigenvalue weighted by atomic mass is 9.96. The zero-order valence-electron chi connectivity index (χ0n) is 18.0. The molecule has 0 saturated carbocycles. The summed E-state index contributed by atoms with van der Waals surface area (Å²) >= 11 is 0. The van der Waals surface area contributed by atoms with Crippen molar-refractivity contribution in [1.82, 2.24) is 10.0 Å². The van der Waals surface area contributed by atoms with Gasteiger partial charge in [-0.1, -0.05) is 25.1 Å². The minimum absolute atomic E-state index is 0.0431. The summed E-state index contributed by atoms with van der Waals surface area (Å²) in [4.78, 5) is 13.1.